The fourth-order valence-electron chi connectivity index (χ4n) is 2.78. The van der Waals surface area contributed by atoms with E-state index in [1.807, 2.05) is 30.5 Å². The van der Waals surface area contributed by atoms with E-state index < -0.39 is 18.2 Å². The number of amides is 1. The molecule has 0 unspecified atom stereocenters. The van der Waals surface area contributed by atoms with Gasteiger partial charge in [0.15, 0.2) is 0 Å². The molecule has 122 valence electrons. The zero-order valence-electron chi connectivity index (χ0n) is 12.8. The number of aromatic nitrogens is 1. The van der Waals surface area contributed by atoms with Crippen LogP contribution in [0.15, 0.2) is 36.5 Å². The predicted octanol–water partition coefficient (Wildman–Crippen LogP) is 0.760. The van der Waals surface area contributed by atoms with E-state index in [2.05, 4.69) is 4.98 Å². The first-order valence-corrected chi connectivity index (χ1v) is 7.53. The number of carbonyl (C=O) groups is 1. The molecule has 1 aromatic carbocycles. The Balaban J connectivity index is 1.73. The van der Waals surface area contributed by atoms with Crippen LogP contribution >= 0.6 is 0 Å². The minimum absolute atomic E-state index is 0.0882. The standard InChI is InChI=1S/C17H20N2O4/c1-19(14-9-23-10-15(20)17(14)22)16(21)7-6-11-8-18-13-5-3-2-4-12(11)13/h2-8,14-15,17-18,20,22H,9-10H2,1H3/b7-6+/t14-,15-,17+/m1/s1. The number of hydrogen-bond acceptors (Lipinski definition) is 4. The predicted molar refractivity (Wildman–Crippen MR) is 86.7 cm³/mol. The van der Waals surface area contributed by atoms with Gasteiger partial charge in [-0.1, -0.05) is 18.2 Å². The Morgan fingerprint density at radius 3 is 2.96 bits per heavy atom. The average molecular weight is 316 g/mol. The smallest absolute Gasteiger partial charge is 0.246 e. The molecule has 0 radical (unpaired) electrons. The minimum Gasteiger partial charge on any atom is -0.388 e. The Kier molecular flexibility index (Phi) is 4.47. The van der Waals surface area contributed by atoms with Crippen molar-refractivity contribution in [3.63, 3.8) is 0 Å². The number of para-hydroxylation sites is 1. The third-order valence-corrected chi connectivity index (χ3v) is 4.24. The van der Waals surface area contributed by atoms with Crippen molar-refractivity contribution in [2.75, 3.05) is 20.3 Å². The third kappa shape index (κ3) is 3.14. The quantitative estimate of drug-likeness (QED) is 0.730. The van der Waals surface area contributed by atoms with E-state index in [-0.39, 0.29) is 19.1 Å². The molecule has 1 saturated heterocycles. The summed E-state index contributed by atoms with van der Waals surface area (Å²) in [5.41, 5.74) is 1.93. The summed E-state index contributed by atoms with van der Waals surface area (Å²) in [4.78, 5) is 16.9. The Labute approximate surface area is 134 Å². The van der Waals surface area contributed by atoms with Crippen LogP contribution in [0.2, 0.25) is 0 Å². The van der Waals surface area contributed by atoms with Crippen LogP contribution in [-0.2, 0) is 9.53 Å². The van der Waals surface area contributed by atoms with E-state index >= 15 is 0 Å². The van der Waals surface area contributed by atoms with Crippen molar-refractivity contribution in [1.29, 1.82) is 0 Å². The Morgan fingerprint density at radius 2 is 2.13 bits per heavy atom. The molecule has 6 heteroatoms. The van der Waals surface area contributed by atoms with Crippen LogP contribution in [0, 0.1) is 0 Å². The summed E-state index contributed by atoms with van der Waals surface area (Å²) in [6.07, 6.45) is 3.07. The Bertz CT molecular complexity index is 724. The number of aliphatic hydroxyl groups excluding tert-OH is 2. The SMILES string of the molecule is CN(C(=O)/C=C/c1c[nH]c2ccccc12)[C@@H]1COC[C@@H](O)[C@H]1O. The number of ether oxygens (including phenoxy) is 1. The van der Waals surface area contributed by atoms with Crippen molar-refractivity contribution in [2.45, 2.75) is 18.2 Å². The highest BCUT2D eigenvalue weighted by atomic mass is 16.5. The summed E-state index contributed by atoms with van der Waals surface area (Å²) in [6, 6.07) is 7.28. The van der Waals surface area contributed by atoms with E-state index in [4.69, 9.17) is 4.74 Å². The van der Waals surface area contributed by atoms with Crippen molar-refractivity contribution in [1.82, 2.24) is 9.88 Å². The molecule has 1 aliphatic heterocycles. The lowest BCUT2D eigenvalue weighted by atomic mass is 10.0. The zero-order chi connectivity index (χ0) is 16.4. The van der Waals surface area contributed by atoms with Crippen molar-refractivity contribution in [3.8, 4) is 0 Å². The van der Waals surface area contributed by atoms with Crippen molar-refractivity contribution >= 4 is 22.9 Å². The average Bonchev–Trinajstić information content (AvgIpc) is 2.98. The van der Waals surface area contributed by atoms with Crippen molar-refractivity contribution in [2.24, 2.45) is 0 Å². The van der Waals surface area contributed by atoms with Crippen molar-refractivity contribution < 1.29 is 19.7 Å². The molecule has 1 aliphatic rings. The molecular weight excluding hydrogens is 296 g/mol. The van der Waals surface area contributed by atoms with Gasteiger partial charge in [0, 0.05) is 30.2 Å². The molecule has 3 atom stereocenters. The number of likely N-dealkylation sites (N-methyl/N-ethyl adjacent to an activating group) is 1. The topological polar surface area (TPSA) is 85.8 Å². The van der Waals surface area contributed by atoms with Crippen LogP contribution in [0.5, 0.6) is 0 Å². The van der Waals surface area contributed by atoms with Gasteiger partial charge < -0.3 is 24.8 Å². The number of nitrogens with zero attached hydrogens (tertiary/aromatic N) is 1. The van der Waals surface area contributed by atoms with Crippen molar-refractivity contribution in [3.05, 3.63) is 42.1 Å². The lowest BCUT2D eigenvalue weighted by molar-refractivity contribution is -0.149. The minimum atomic E-state index is -1.00. The van der Waals surface area contributed by atoms with E-state index in [0.717, 1.165) is 16.5 Å². The molecule has 0 saturated carbocycles. The second-order valence-electron chi connectivity index (χ2n) is 5.73. The lowest BCUT2D eigenvalue weighted by Crippen LogP contribution is -2.56. The van der Waals surface area contributed by atoms with E-state index in [1.54, 1.807) is 13.1 Å². The van der Waals surface area contributed by atoms with Gasteiger partial charge in [0.25, 0.3) is 0 Å². The van der Waals surface area contributed by atoms with E-state index in [1.165, 1.54) is 11.0 Å². The molecule has 2 heterocycles. The number of nitrogens with one attached hydrogen (secondary N) is 1. The first-order chi connectivity index (χ1) is 11.1. The number of benzene rings is 1. The Morgan fingerprint density at radius 1 is 1.35 bits per heavy atom. The second-order valence-corrected chi connectivity index (χ2v) is 5.73. The zero-order valence-corrected chi connectivity index (χ0v) is 12.8. The lowest BCUT2D eigenvalue weighted by Gasteiger charge is -2.37. The van der Waals surface area contributed by atoms with Gasteiger partial charge in [0.1, 0.15) is 12.2 Å². The highest BCUT2D eigenvalue weighted by Crippen LogP contribution is 2.19. The maximum absolute atomic E-state index is 12.3. The monoisotopic (exact) mass is 316 g/mol. The molecule has 2 aromatic rings. The molecule has 1 fully saturated rings. The molecule has 0 aliphatic carbocycles. The largest absolute Gasteiger partial charge is 0.388 e. The number of carbonyl (C=O) groups excluding carboxylic acids is 1. The number of aromatic amines is 1. The molecule has 23 heavy (non-hydrogen) atoms. The molecule has 3 rings (SSSR count). The summed E-state index contributed by atoms with van der Waals surface area (Å²) in [6.45, 7) is 0.298. The summed E-state index contributed by atoms with van der Waals surface area (Å²) in [5, 5.41) is 20.7. The van der Waals surface area contributed by atoms with Crippen LogP contribution in [0.1, 0.15) is 5.56 Å². The van der Waals surface area contributed by atoms with Gasteiger partial charge in [-0.05, 0) is 17.7 Å². The molecule has 0 spiro atoms. The summed E-state index contributed by atoms with van der Waals surface area (Å²) < 4.78 is 5.21. The van der Waals surface area contributed by atoms with Crippen LogP contribution in [0.3, 0.4) is 0 Å². The maximum Gasteiger partial charge on any atom is 0.246 e. The number of fused-ring (bicyclic) bond motifs is 1. The summed E-state index contributed by atoms with van der Waals surface area (Å²) in [5.74, 6) is -0.253. The molecule has 6 nitrogen and oxygen atoms in total. The van der Waals surface area contributed by atoms with Gasteiger partial charge in [-0.2, -0.15) is 0 Å². The van der Waals surface area contributed by atoms with E-state index in [9.17, 15) is 15.0 Å². The Hall–Kier alpha value is -2.15. The van der Waals surface area contributed by atoms with Gasteiger partial charge in [-0.3, -0.25) is 4.79 Å². The summed E-state index contributed by atoms with van der Waals surface area (Å²) in [7, 11) is 1.59. The second kappa shape index (κ2) is 6.54. The number of aliphatic hydroxyl groups is 2. The van der Waals surface area contributed by atoms with Crippen LogP contribution in [-0.4, -0.2) is 64.5 Å². The fourth-order valence-corrected chi connectivity index (χ4v) is 2.78. The molecule has 0 bridgehead atoms. The van der Waals surface area contributed by atoms with Gasteiger partial charge in [-0.15, -0.1) is 0 Å². The highest BCUT2D eigenvalue weighted by Gasteiger charge is 2.35. The van der Waals surface area contributed by atoms with E-state index in [0.29, 0.717) is 0 Å². The highest BCUT2D eigenvalue weighted by molar-refractivity contribution is 5.96. The normalized spacial score (nSPS) is 25.1. The molecular formula is C17H20N2O4. The molecule has 3 N–H and O–H groups in total. The van der Waals surface area contributed by atoms with Gasteiger partial charge in [0.2, 0.25) is 5.91 Å². The van der Waals surface area contributed by atoms with Gasteiger partial charge >= 0.3 is 0 Å². The number of rotatable bonds is 3. The maximum atomic E-state index is 12.3. The van der Waals surface area contributed by atoms with Crippen LogP contribution in [0.25, 0.3) is 17.0 Å². The number of hydrogen-bond donors (Lipinski definition) is 3. The first-order valence-electron chi connectivity index (χ1n) is 7.53. The van der Waals surface area contributed by atoms with Gasteiger partial charge in [-0.25, -0.2) is 0 Å². The molecule has 1 aromatic heterocycles. The third-order valence-electron chi connectivity index (χ3n) is 4.24. The first kappa shape index (κ1) is 15.7. The van der Waals surface area contributed by atoms with Crippen LogP contribution in [0.4, 0.5) is 0 Å². The summed E-state index contributed by atoms with van der Waals surface area (Å²) >= 11 is 0. The fraction of sp³-hybridized carbons (Fsp3) is 0.353. The number of H-pyrrole nitrogens is 1. The van der Waals surface area contributed by atoms with Gasteiger partial charge in [0.05, 0.1) is 19.3 Å². The van der Waals surface area contributed by atoms with Crippen LogP contribution < -0.4 is 0 Å². The molecule has 1 amide bonds.